The fraction of sp³-hybridized carbons (Fsp3) is 0.625. The Balaban J connectivity index is 3.25. The fourth-order valence-corrected chi connectivity index (χ4v) is 0.562. The molecule has 64 valence electrons. The fourth-order valence-electron chi connectivity index (χ4n) is 0.562. The van der Waals surface area contributed by atoms with Crippen molar-refractivity contribution in [3.8, 4) is 0 Å². The van der Waals surface area contributed by atoms with Gasteiger partial charge in [0.2, 0.25) is 0 Å². The Hall–Kier alpha value is -0.830. The zero-order valence-corrected chi connectivity index (χ0v) is 7.22. The Kier molecular flexibility index (Phi) is 5.47. The molecule has 0 aromatic rings. The van der Waals surface area contributed by atoms with Crippen LogP contribution in [0.25, 0.3) is 0 Å². The number of carbonyl (C=O) groups is 1. The summed E-state index contributed by atoms with van der Waals surface area (Å²) >= 11 is 0. The first-order valence-electron chi connectivity index (χ1n) is 3.82. The van der Waals surface area contributed by atoms with E-state index in [0.29, 0.717) is 12.2 Å². The average Bonchev–Trinajstić information content (AvgIpc) is 1.97. The quantitative estimate of drug-likeness (QED) is 0.339. The van der Waals surface area contributed by atoms with E-state index in [-0.39, 0.29) is 5.97 Å². The van der Waals surface area contributed by atoms with Gasteiger partial charge in [0.15, 0.2) is 0 Å². The van der Waals surface area contributed by atoms with Crippen molar-refractivity contribution in [3.63, 3.8) is 0 Å². The van der Waals surface area contributed by atoms with Crippen molar-refractivity contribution in [1.29, 1.82) is 0 Å². The molecule has 0 unspecified atom stereocenters. The topological polar surface area (TPSA) is 42.9 Å². The molecule has 3 heteroatoms. The maximum absolute atomic E-state index is 10.8. The lowest BCUT2D eigenvalue weighted by molar-refractivity contribution is -0.652. The third kappa shape index (κ3) is 5.61. The van der Waals surface area contributed by atoms with Crippen molar-refractivity contribution in [2.24, 2.45) is 0 Å². The summed E-state index contributed by atoms with van der Waals surface area (Å²) in [4.78, 5) is 10.8. The van der Waals surface area contributed by atoms with E-state index in [2.05, 4.69) is 18.8 Å². The Morgan fingerprint density at radius 3 is 2.73 bits per heavy atom. The predicted molar refractivity (Wildman–Crippen MR) is 43.1 cm³/mol. The number of carbonyl (C=O) groups excluding carboxylic acids is 1. The van der Waals surface area contributed by atoms with Gasteiger partial charge in [-0.2, -0.15) is 0 Å². The molecule has 0 spiro atoms. The van der Waals surface area contributed by atoms with Crippen LogP contribution in [0.1, 0.15) is 13.8 Å². The second-order valence-electron chi connectivity index (χ2n) is 2.40. The van der Waals surface area contributed by atoms with Crippen molar-refractivity contribution >= 4 is 5.97 Å². The van der Waals surface area contributed by atoms with Crippen LogP contribution in [0.5, 0.6) is 0 Å². The number of likely N-dealkylation sites (N-methyl/N-ethyl adjacent to an activating group) is 1. The van der Waals surface area contributed by atoms with Gasteiger partial charge in [0.05, 0.1) is 6.54 Å². The summed E-state index contributed by atoms with van der Waals surface area (Å²) in [5.41, 5.74) is 0.460. The van der Waals surface area contributed by atoms with Crippen LogP contribution in [-0.4, -0.2) is 25.7 Å². The molecule has 0 heterocycles. The summed E-state index contributed by atoms with van der Waals surface area (Å²) < 4.78 is 4.84. The summed E-state index contributed by atoms with van der Waals surface area (Å²) in [5.74, 6) is -0.297. The van der Waals surface area contributed by atoms with Crippen LogP contribution in [-0.2, 0) is 9.53 Å². The molecular formula is C8H16NO2+. The standard InChI is InChI=1S/C8H15NO2/c1-4-9-5-6-11-8(10)7(2)3/h9H,2,4-6H2,1,3H3/p+1. The molecule has 0 radical (unpaired) electrons. The Morgan fingerprint density at radius 1 is 1.64 bits per heavy atom. The van der Waals surface area contributed by atoms with Crippen LogP contribution in [0, 0.1) is 0 Å². The maximum atomic E-state index is 10.8. The predicted octanol–water partition coefficient (Wildman–Crippen LogP) is -0.311. The van der Waals surface area contributed by atoms with Crippen LogP contribution >= 0.6 is 0 Å². The highest BCUT2D eigenvalue weighted by atomic mass is 16.5. The minimum absolute atomic E-state index is 0.297. The molecule has 0 rings (SSSR count). The van der Waals surface area contributed by atoms with Crippen molar-refractivity contribution in [3.05, 3.63) is 12.2 Å². The second-order valence-corrected chi connectivity index (χ2v) is 2.40. The van der Waals surface area contributed by atoms with Crippen molar-refractivity contribution < 1.29 is 14.8 Å². The number of quaternary nitrogens is 1. The molecule has 2 N–H and O–H groups in total. The van der Waals surface area contributed by atoms with Gasteiger partial charge in [-0.25, -0.2) is 4.79 Å². The normalized spacial score (nSPS) is 9.27. The summed E-state index contributed by atoms with van der Waals surface area (Å²) in [6.07, 6.45) is 0. The van der Waals surface area contributed by atoms with E-state index in [9.17, 15) is 4.79 Å². The third-order valence-corrected chi connectivity index (χ3v) is 1.19. The Bertz CT molecular complexity index is 143. The largest absolute Gasteiger partial charge is 0.456 e. The molecule has 3 nitrogen and oxygen atoms in total. The number of hydrogen-bond donors (Lipinski definition) is 1. The first kappa shape index (κ1) is 10.2. The first-order chi connectivity index (χ1) is 5.18. The second kappa shape index (κ2) is 5.92. The van der Waals surface area contributed by atoms with E-state index >= 15 is 0 Å². The van der Waals surface area contributed by atoms with Gasteiger partial charge in [-0.3, -0.25) is 0 Å². The van der Waals surface area contributed by atoms with Crippen LogP contribution in [0.3, 0.4) is 0 Å². The smallest absolute Gasteiger partial charge is 0.333 e. The van der Waals surface area contributed by atoms with E-state index in [4.69, 9.17) is 4.74 Å². The molecule has 0 aliphatic rings. The van der Waals surface area contributed by atoms with Gasteiger partial charge in [-0.15, -0.1) is 0 Å². The van der Waals surface area contributed by atoms with Crippen LogP contribution in [0.2, 0.25) is 0 Å². The van der Waals surface area contributed by atoms with Crippen molar-refractivity contribution in [2.75, 3.05) is 19.7 Å². The van der Waals surface area contributed by atoms with E-state index in [1.165, 1.54) is 0 Å². The summed E-state index contributed by atoms with van der Waals surface area (Å²) in [7, 11) is 0. The summed E-state index contributed by atoms with van der Waals surface area (Å²) in [6.45, 7) is 9.49. The monoisotopic (exact) mass is 158 g/mol. The molecule has 0 amide bonds. The van der Waals surface area contributed by atoms with Gasteiger partial charge in [0, 0.05) is 5.57 Å². The van der Waals surface area contributed by atoms with Crippen LogP contribution in [0.4, 0.5) is 0 Å². The number of hydrogen-bond acceptors (Lipinski definition) is 2. The van der Waals surface area contributed by atoms with Crippen molar-refractivity contribution in [1.82, 2.24) is 0 Å². The third-order valence-electron chi connectivity index (χ3n) is 1.19. The molecule has 0 bridgehead atoms. The number of rotatable bonds is 5. The van der Waals surface area contributed by atoms with Gasteiger partial charge in [-0.05, 0) is 13.8 Å². The van der Waals surface area contributed by atoms with Crippen LogP contribution in [0.15, 0.2) is 12.2 Å². The van der Waals surface area contributed by atoms with E-state index in [0.717, 1.165) is 13.1 Å². The minimum Gasteiger partial charge on any atom is -0.456 e. The van der Waals surface area contributed by atoms with Gasteiger partial charge < -0.3 is 10.1 Å². The van der Waals surface area contributed by atoms with Crippen LogP contribution < -0.4 is 5.32 Å². The highest BCUT2D eigenvalue weighted by Gasteiger charge is 2.01. The van der Waals surface area contributed by atoms with Gasteiger partial charge in [-0.1, -0.05) is 6.58 Å². The maximum Gasteiger partial charge on any atom is 0.333 e. The molecule has 0 fully saturated rings. The Morgan fingerprint density at radius 2 is 2.27 bits per heavy atom. The number of ether oxygens (including phenoxy) is 1. The molecule has 0 aromatic heterocycles. The number of nitrogens with two attached hydrogens (primary N) is 1. The highest BCUT2D eigenvalue weighted by Crippen LogP contribution is 1.89. The molecule has 0 saturated heterocycles. The number of esters is 1. The average molecular weight is 158 g/mol. The first-order valence-corrected chi connectivity index (χ1v) is 3.82. The molecule has 0 aliphatic carbocycles. The lowest BCUT2D eigenvalue weighted by atomic mass is 10.4. The van der Waals surface area contributed by atoms with E-state index in [1.807, 2.05) is 0 Å². The van der Waals surface area contributed by atoms with E-state index < -0.39 is 0 Å². The molecule has 11 heavy (non-hydrogen) atoms. The summed E-state index contributed by atoms with van der Waals surface area (Å²) in [6, 6.07) is 0. The molecule has 0 aliphatic heterocycles. The lowest BCUT2D eigenvalue weighted by Crippen LogP contribution is -2.84. The zero-order valence-electron chi connectivity index (χ0n) is 7.22. The molecular weight excluding hydrogens is 142 g/mol. The zero-order chi connectivity index (χ0) is 8.69. The minimum atomic E-state index is -0.297. The van der Waals surface area contributed by atoms with Gasteiger partial charge in [0.25, 0.3) is 0 Å². The molecule has 0 aromatic carbocycles. The highest BCUT2D eigenvalue weighted by molar-refractivity contribution is 5.86. The van der Waals surface area contributed by atoms with E-state index in [1.54, 1.807) is 6.92 Å². The lowest BCUT2D eigenvalue weighted by Gasteiger charge is -2.01. The van der Waals surface area contributed by atoms with Gasteiger partial charge >= 0.3 is 5.97 Å². The van der Waals surface area contributed by atoms with Gasteiger partial charge in [0.1, 0.15) is 13.2 Å². The summed E-state index contributed by atoms with van der Waals surface area (Å²) in [5, 5.41) is 2.08. The van der Waals surface area contributed by atoms with Crippen molar-refractivity contribution in [2.45, 2.75) is 13.8 Å². The Labute approximate surface area is 67.4 Å². The SMILES string of the molecule is C=C(C)C(=O)OCC[NH2+]CC. The molecule has 0 saturated carbocycles. The molecule has 0 atom stereocenters.